The third-order valence-corrected chi connectivity index (χ3v) is 5.41. The van der Waals surface area contributed by atoms with E-state index in [0.29, 0.717) is 6.10 Å². The summed E-state index contributed by atoms with van der Waals surface area (Å²) in [7, 11) is 2.28. The van der Waals surface area contributed by atoms with Crippen molar-refractivity contribution in [1.82, 2.24) is 15.1 Å². The standard InChI is InChI=1S/C16H31N3O/c1-18-9-3-2-5-14(18)7-8-17-11-16-12-19-10-4-6-15(19)13-20-16/h14-17H,2-13H2,1H3. The number of nitrogens with one attached hydrogen (secondary N) is 1. The van der Waals surface area contributed by atoms with E-state index in [9.17, 15) is 0 Å². The third kappa shape index (κ3) is 3.73. The molecule has 116 valence electrons. The summed E-state index contributed by atoms with van der Waals surface area (Å²) in [5.74, 6) is 0. The average Bonchev–Trinajstić information content (AvgIpc) is 2.93. The lowest BCUT2D eigenvalue weighted by Gasteiger charge is -2.35. The molecule has 0 saturated carbocycles. The Morgan fingerprint density at radius 1 is 1.15 bits per heavy atom. The van der Waals surface area contributed by atoms with Crippen LogP contribution < -0.4 is 5.32 Å². The molecular weight excluding hydrogens is 250 g/mol. The molecule has 3 aliphatic heterocycles. The van der Waals surface area contributed by atoms with E-state index in [-0.39, 0.29) is 0 Å². The van der Waals surface area contributed by atoms with Gasteiger partial charge in [0.1, 0.15) is 0 Å². The minimum atomic E-state index is 0.411. The maximum Gasteiger partial charge on any atom is 0.0826 e. The maximum absolute atomic E-state index is 5.99. The molecule has 3 rings (SSSR count). The molecule has 3 fully saturated rings. The average molecular weight is 281 g/mol. The number of fused-ring (bicyclic) bond motifs is 1. The van der Waals surface area contributed by atoms with Crippen LogP contribution in [0.15, 0.2) is 0 Å². The van der Waals surface area contributed by atoms with Crippen LogP contribution in [0, 0.1) is 0 Å². The van der Waals surface area contributed by atoms with Crippen molar-refractivity contribution in [2.24, 2.45) is 0 Å². The zero-order valence-electron chi connectivity index (χ0n) is 13.0. The second kappa shape index (κ2) is 7.21. The molecule has 20 heavy (non-hydrogen) atoms. The molecule has 0 radical (unpaired) electrons. The lowest BCUT2D eigenvalue weighted by atomic mass is 10.0. The molecule has 0 aromatic carbocycles. The van der Waals surface area contributed by atoms with E-state index < -0.39 is 0 Å². The highest BCUT2D eigenvalue weighted by atomic mass is 16.5. The van der Waals surface area contributed by atoms with Crippen molar-refractivity contribution in [2.75, 3.05) is 46.4 Å². The number of hydrogen-bond donors (Lipinski definition) is 1. The van der Waals surface area contributed by atoms with Gasteiger partial charge in [-0.25, -0.2) is 0 Å². The Hall–Kier alpha value is -0.160. The van der Waals surface area contributed by atoms with Crippen molar-refractivity contribution in [3.63, 3.8) is 0 Å². The van der Waals surface area contributed by atoms with Crippen LogP contribution in [0.2, 0.25) is 0 Å². The zero-order valence-corrected chi connectivity index (χ0v) is 13.0. The van der Waals surface area contributed by atoms with Crippen LogP contribution in [0.5, 0.6) is 0 Å². The molecule has 4 nitrogen and oxygen atoms in total. The SMILES string of the molecule is CN1CCCCC1CCNCC1CN2CCCC2CO1. The van der Waals surface area contributed by atoms with Crippen LogP contribution in [-0.4, -0.2) is 74.4 Å². The molecular formula is C16H31N3O. The lowest BCUT2D eigenvalue weighted by molar-refractivity contribution is -0.0470. The highest BCUT2D eigenvalue weighted by molar-refractivity contribution is 4.86. The fraction of sp³-hybridized carbons (Fsp3) is 1.00. The van der Waals surface area contributed by atoms with E-state index >= 15 is 0 Å². The summed E-state index contributed by atoms with van der Waals surface area (Å²) in [5.41, 5.74) is 0. The largest absolute Gasteiger partial charge is 0.374 e. The number of ether oxygens (including phenoxy) is 1. The Balaban J connectivity index is 1.30. The van der Waals surface area contributed by atoms with Gasteiger partial charge >= 0.3 is 0 Å². The van der Waals surface area contributed by atoms with E-state index in [4.69, 9.17) is 4.74 Å². The van der Waals surface area contributed by atoms with Gasteiger partial charge in [0.2, 0.25) is 0 Å². The molecule has 1 N–H and O–H groups in total. The predicted octanol–water partition coefficient (Wildman–Crippen LogP) is 1.31. The van der Waals surface area contributed by atoms with Gasteiger partial charge in [0.05, 0.1) is 12.7 Å². The smallest absolute Gasteiger partial charge is 0.0826 e. The van der Waals surface area contributed by atoms with Crippen molar-refractivity contribution in [1.29, 1.82) is 0 Å². The Labute approximate surface area is 123 Å². The van der Waals surface area contributed by atoms with E-state index in [2.05, 4.69) is 22.2 Å². The van der Waals surface area contributed by atoms with Crippen LogP contribution in [-0.2, 0) is 4.74 Å². The van der Waals surface area contributed by atoms with Gasteiger partial charge in [-0.05, 0) is 58.8 Å². The van der Waals surface area contributed by atoms with Crippen LogP contribution in [0.3, 0.4) is 0 Å². The first-order valence-corrected chi connectivity index (χ1v) is 8.59. The van der Waals surface area contributed by atoms with E-state index in [1.165, 1.54) is 51.6 Å². The van der Waals surface area contributed by atoms with E-state index in [1.807, 2.05) is 0 Å². The first-order valence-electron chi connectivity index (χ1n) is 8.59. The first-order chi connectivity index (χ1) is 9.83. The summed E-state index contributed by atoms with van der Waals surface area (Å²) in [6, 6.07) is 1.52. The second-order valence-corrected chi connectivity index (χ2v) is 6.87. The van der Waals surface area contributed by atoms with Gasteiger partial charge in [0.15, 0.2) is 0 Å². The Kier molecular flexibility index (Phi) is 5.32. The number of nitrogens with zero attached hydrogens (tertiary/aromatic N) is 2. The molecule has 0 aromatic rings. The van der Waals surface area contributed by atoms with Crippen molar-refractivity contribution < 1.29 is 4.74 Å². The Morgan fingerprint density at radius 2 is 2.10 bits per heavy atom. The zero-order chi connectivity index (χ0) is 13.8. The van der Waals surface area contributed by atoms with Gasteiger partial charge in [-0.3, -0.25) is 4.90 Å². The summed E-state index contributed by atoms with van der Waals surface area (Å²) >= 11 is 0. The third-order valence-electron chi connectivity index (χ3n) is 5.41. The highest BCUT2D eigenvalue weighted by Gasteiger charge is 2.31. The molecule has 0 spiro atoms. The van der Waals surface area contributed by atoms with Gasteiger partial charge in [-0.1, -0.05) is 6.42 Å². The minimum Gasteiger partial charge on any atom is -0.374 e. The molecule has 3 unspecified atom stereocenters. The molecule has 0 aromatic heterocycles. The number of hydrogen-bond acceptors (Lipinski definition) is 4. The molecule has 4 heteroatoms. The van der Waals surface area contributed by atoms with Crippen molar-refractivity contribution in [3.8, 4) is 0 Å². The normalized spacial score (nSPS) is 36.1. The quantitative estimate of drug-likeness (QED) is 0.769. The van der Waals surface area contributed by atoms with Crippen LogP contribution >= 0.6 is 0 Å². The molecule has 3 aliphatic rings. The van der Waals surface area contributed by atoms with Crippen molar-refractivity contribution in [3.05, 3.63) is 0 Å². The van der Waals surface area contributed by atoms with E-state index in [0.717, 1.165) is 38.3 Å². The second-order valence-electron chi connectivity index (χ2n) is 6.87. The van der Waals surface area contributed by atoms with Gasteiger partial charge in [-0.15, -0.1) is 0 Å². The Morgan fingerprint density at radius 3 is 3.00 bits per heavy atom. The fourth-order valence-corrected chi connectivity index (χ4v) is 4.05. The van der Waals surface area contributed by atoms with Gasteiger partial charge in [0, 0.05) is 25.2 Å². The van der Waals surface area contributed by atoms with Crippen LogP contribution in [0.1, 0.15) is 38.5 Å². The topological polar surface area (TPSA) is 27.7 Å². The summed E-state index contributed by atoms with van der Waals surface area (Å²) in [6.45, 7) is 6.83. The maximum atomic E-state index is 5.99. The monoisotopic (exact) mass is 281 g/mol. The van der Waals surface area contributed by atoms with Crippen LogP contribution in [0.25, 0.3) is 0 Å². The highest BCUT2D eigenvalue weighted by Crippen LogP contribution is 2.22. The predicted molar refractivity (Wildman–Crippen MR) is 82.1 cm³/mol. The molecule has 0 amide bonds. The molecule has 3 atom stereocenters. The summed E-state index contributed by atoms with van der Waals surface area (Å²) < 4.78 is 5.99. The molecule has 0 bridgehead atoms. The number of likely N-dealkylation sites (tertiary alicyclic amines) is 1. The van der Waals surface area contributed by atoms with Crippen molar-refractivity contribution in [2.45, 2.75) is 56.7 Å². The summed E-state index contributed by atoms with van der Waals surface area (Å²) in [6.07, 6.45) is 8.58. The number of morpholine rings is 1. The Bertz CT molecular complexity index is 299. The number of piperidine rings is 1. The van der Waals surface area contributed by atoms with Gasteiger partial charge in [0.25, 0.3) is 0 Å². The van der Waals surface area contributed by atoms with E-state index in [1.54, 1.807) is 0 Å². The molecule has 0 aliphatic carbocycles. The molecule has 3 heterocycles. The molecule has 3 saturated heterocycles. The first kappa shape index (κ1) is 14.8. The van der Waals surface area contributed by atoms with Gasteiger partial charge < -0.3 is 15.0 Å². The fourth-order valence-electron chi connectivity index (χ4n) is 4.05. The minimum absolute atomic E-state index is 0.411. The van der Waals surface area contributed by atoms with Gasteiger partial charge in [-0.2, -0.15) is 0 Å². The van der Waals surface area contributed by atoms with Crippen molar-refractivity contribution >= 4 is 0 Å². The summed E-state index contributed by atoms with van der Waals surface area (Å²) in [5, 5.41) is 3.62. The lowest BCUT2D eigenvalue weighted by Crippen LogP contribution is -2.49. The summed E-state index contributed by atoms with van der Waals surface area (Å²) in [4.78, 5) is 5.17. The van der Waals surface area contributed by atoms with Crippen LogP contribution in [0.4, 0.5) is 0 Å². The number of rotatable bonds is 5.